The molecule has 3 nitrogen and oxygen atoms in total. The number of benzene rings is 1. The lowest BCUT2D eigenvalue weighted by Gasteiger charge is -2.38. The Kier molecular flexibility index (Phi) is 3.41. The number of hydrogen-bond donors (Lipinski definition) is 1. The van der Waals surface area contributed by atoms with Crippen molar-refractivity contribution in [2.45, 2.75) is 39.5 Å². The van der Waals surface area contributed by atoms with Crippen LogP contribution in [-0.2, 0) is 4.79 Å². The molecule has 0 bridgehead atoms. The van der Waals surface area contributed by atoms with Crippen LogP contribution < -0.4 is 5.32 Å². The average molecular weight is 292 g/mol. The summed E-state index contributed by atoms with van der Waals surface area (Å²) < 4.78 is 0. The molecule has 1 N–H and O–H groups in total. The van der Waals surface area contributed by atoms with Gasteiger partial charge in [-0.3, -0.25) is 4.79 Å². The fourth-order valence-corrected chi connectivity index (χ4v) is 3.56. The molecule has 2 aliphatic rings. The van der Waals surface area contributed by atoms with Crippen LogP contribution in [0.5, 0.6) is 0 Å². The summed E-state index contributed by atoms with van der Waals surface area (Å²) in [5.74, 6) is -0.0705. The van der Waals surface area contributed by atoms with Gasteiger partial charge < -0.3 is 5.32 Å². The van der Waals surface area contributed by atoms with Gasteiger partial charge in [-0.2, -0.15) is 5.26 Å². The van der Waals surface area contributed by atoms with Gasteiger partial charge in [0, 0.05) is 23.4 Å². The number of nitrogens with one attached hydrogen (secondary N) is 1. The highest BCUT2D eigenvalue weighted by Crippen LogP contribution is 2.46. The third-order valence-electron chi connectivity index (χ3n) is 4.49. The van der Waals surface area contributed by atoms with Crippen LogP contribution in [0.25, 0.3) is 0 Å². The van der Waals surface area contributed by atoms with E-state index in [-0.39, 0.29) is 17.1 Å². The molecule has 0 spiro atoms. The van der Waals surface area contributed by atoms with E-state index in [4.69, 9.17) is 0 Å². The van der Waals surface area contributed by atoms with Crippen molar-refractivity contribution in [2.24, 2.45) is 5.41 Å². The van der Waals surface area contributed by atoms with Crippen molar-refractivity contribution in [1.29, 1.82) is 5.26 Å². The maximum absolute atomic E-state index is 12.8. The molecule has 22 heavy (non-hydrogen) atoms. The first kappa shape index (κ1) is 14.6. The number of nitrogens with zero attached hydrogens (tertiary/aromatic N) is 1. The van der Waals surface area contributed by atoms with Gasteiger partial charge in [-0.1, -0.05) is 44.2 Å². The fourth-order valence-electron chi connectivity index (χ4n) is 3.56. The number of hydrogen-bond acceptors (Lipinski definition) is 3. The van der Waals surface area contributed by atoms with Gasteiger partial charge in [0.25, 0.3) is 0 Å². The zero-order valence-corrected chi connectivity index (χ0v) is 13.2. The quantitative estimate of drug-likeness (QED) is 0.856. The summed E-state index contributed by atoms with van der Waals surface area (Å²) >= 11 is 0. The van der Waals surface area contributed by atoms with E-state index in [0.717, 1.165) is 29.0 Å². The van der Waals surface area contributed by atoms with Gasteiger partial charge in [-0.25, -0.2) is 0 Å². The van der Waals surface area contributed by atoms with E-state index >= 15 is 0 Å². The highest BCUT2D eigenvalue weighted by atomic mass is 16.1. The van der Waals surface area contributed by atoms with Crippen LogP contribution in [0.3, 0.4) is 0 Å². The van der Waals surface area contributed by atoms with Crippen molar-refractivity contribution >= 4 is 5.78 Å². The van der Waals surface area contributed by atoms with Gasteiger partial charge in [0.15, 0.2) is 5.78 Å². The van der Waals surface area contributed by atoms with Crippen LogP contribution in [0.4, 0.5) is 0 Å². The average Bonchev–Trinajstić information content (AvgIpc) is 2.45. The molecule has 0 saturated carbocycles. The maximum Gasteiger partial charge on any atom is 0.162 e. The predicted molar refractivity (Wildman–Crippen MR) is 85.7 cm³/mol. The molecule has 0 unspecified atom stereocenters. The van der Waals surface area contributed by atoms with E-state index in [9.17, 15) is 10.1 Å². The van der Waals surface area contributed by atoms with Crippen LogP contribution in [0.1, 0.15) is 45.1 Å². The number of Topliss-reactive ketones (excluding diaryl/α,β-unsaturated/α-hetero) is 1. The molecule has 1 heterocycles. The Labute approximate surface area is 131 Å². The molecule has 3 heteroatoms. The normalized spacial score (nSPS) is 23.7. The summed E-state index contributed by atoms with van der Waals surface area (Å²) in [6.45, 7) is 6.16. The molecular formula is C19H20N2O. The van der Waals surface area contributed by atoms with Crippen molar-refractivity contribution in [3.63, 3.8) is 0 Å². The minimum absolute atomic E-state index is 0.0332. The highest BCUT2D eigenvalue weighted by molar-refractivity contribution is 6.00. The summed E-state index contributed by atoms with van der Waals surface area (Å²) in [5, 5.41) is 12.9. The lowest BCUT2D eigenvalue weighted by molar-refractivity contribution is -0.118. The molecule has 1 aliphatic heterocycles. The molecule has 3 rings (SSSR count). The van der Waals surface area contributed by atoms with Crippen molar-refractivity contribution in [1.82, 2.24) is 5.32 Å². The summed E-state index contributed by atoms with van der Waals surface area (Å²) in [6.07, 6.45) is 1.38. The van der Waals surface area contributed by atoms with E-state index in [1.807, 2.05) is 37.3 Å². The Balaban J connectivity index is 2.18. The number of nitriles is 1. The molecule has 0 radical (unpaired) electrons. The number of carbonyl (C=O) groups excluding carboxylic acids is 1. The van der Waals surface area contributed by atoms with Gasteiger partial charge in [-0.05, 0) is 24.3 Å². The smallest absolute Gasteiger partial charge is 0.162 e. The van der Waals surface area contributed by atoms with Crippen LogP contribution in [-0.4, -0.2) is 5.78 Å². The first-order chi connectivity index (χ1) is 10.4. The first-order valence-corrected chi connectivity index (χ1v) is 7.62. The van der Waals surface area contributed by atoms with Gasteiger partial charge >= 0.3 is 0 Å². The van der Waals surface area contributed by atoms with Crippen molar-refractivity contribution < 1.29 is 4.79 Å². The Morgan fingerprint density at radius 2 is 1.91 bits per heavy atom. The number of rotatable bonds is 1. The SMILES string of the molecule is CC1=C(C#N)[C@@H](c2ccccc2)C2=C(CC(C)(C)CC2=O)N1. The third-order valence-corrected chi connectivity index (χ3v) is 4.49. The Morgan fingerprint density at radius 1 is 1.23 bits per heavy atom. The Morgan fingerprint density at radius 3 is 2.55 bits per heavy atom. The van der Waals surface area contributed by atoms with Crippen LogP contribution in [0, 0.1) is 16.7 Å². The Hall–Kier alpha value is -2.34. The van der Waals surface area contributed by atoms with E-state index < -0.39 is 0 Å². The lowest BCUT2D eigenvalue weighted by atomic mass is 9.69. The predicted octanol–water partition coefficient (Wildman–Crippen LogP) is 3.81. The molecule has 1 aromatic carbocycles. The van der Waals surface area contributed by atoms with E-state index in [1.54, 1.807) is 0 Å². The van der Waals surface area contributed by atoms with Crippen LogP contribution in [0.2, 0.25) is 0 Å². The maximum atomic E-state index is 12.8. The molecule has 1 aliphatic carbocycles. The zero-order valence-electron chi connectivity index (χ0n) is 13.2. The monoisotopic (exact) mass is 292 g/mol. The van der Waals surface area contributed by atoms with E-state index in [1.165, 1.54) is 0 Å². The number of dihydropyridines is 1. The van der Waals surface area contributed by atoms with Crippen LogP contribution >= 0.6 is 0 Å². The molecule has 0 amide bonds. The molecule has 0 saturated heterocycles. The number of allylic oxidation sites excluding steroid dienone is 4. The molecule has 0 fully saturated rings. The molecule has 1 aromatic rings. The molecule has 1 atom stereocenters. The highest BCUT2D eigenvalue weighted by Gasteiger charge is 2.40. The van der Waals surface area contributed by atoms with Crippen molar-refractivity contribution in [2.75, 3.05) is 0 Å². The summed E-state index contributed by atoms with van der Waals surface area (Å²) in [7, 11) is 0. The third kappa shape index (κ3) is 2.35. The Bertz CT molecular complexity index is 732. The molecule has 0 aromatic heterocycles. The molecule has 112 valence electrons. The largest absolute Gasteiger partial charge is 0.361 e. The number of carbonyl (C=O) groups is 1. The second-order valence-corrected chi connectivity index (χ2v) is 6.95. The lowest BCUT2D eigenvalue weighted by Crippen LogP contribution is -2.36. The zero-order chi connectivity index (χ0) is 15.9. The van der Waals surface area contributed by atoms with Crippen molar-refractivity contribution in [3.05, 3.63) is 58.4 Å². The first-order valence-electron chi connectivity index (χ1n) is 7.62. The summed E-state index contributed by atoms with van der Waals surface area (Å²) in [5.41, 5.74) is 4.27. The second kappa shape index (κ2) is 5.14. The summed E-state index contributed by atoms with van der Waals surface area (Å²) in [6, 6.07) is 12.2. The van der Waals surface area contributed by atoms with E-state index in [0.29, 0.717) is 12.0 Å². The number of ketones is 1. The van der Waals surface area contributed by atoms with Gasteiger partial charge in [0.2, 0.25) is 0 Å². The minimum Gasteiger partial charge on any atom is -0.361 e. The second-order valence-electron chi connectivity index (χ2n) is 6.95. The molecular weight excluding hydrogens is 272 g/mol. The standard InChI is InChI=1S/C19H20N2O/c1-12-14(11-20)17(13-7-5-4-6-8-13)18-15(21-12)9-19(2,3)10-16(18)22/h4-8,17,21H,9-10H2,1-3H3/t17-/m1/s1. The van der Waals surface area contributed by atoms with Crippen molar-refractivity contribution in [3.8, 4) is 6.07 Å². The topological polar surface area (TPSA) is 52.9 Å². The van der Waals surface area contributed by atoms with Gasteiger partial charge in [0.05, 0.1) is 17.6 Å². The van der Waals surface area contributed by atoms with E-state index in [2.05, 4.69) is 25.2 Å². The minimum atomic E-state index is -0.231. The fraction of sp³-hybridized carbons (Fsp3) is 0.368. The van der Waals surface area contributed by atoms with Gasteiger partial charge in [-0.15, -0.1) is 0 Å². The summed E-state index contributed by atoms with van der Waals surface area (Å²) in [4.78, 5) is 12.8. The van der Waals surface area contributed by atoms with Crippen LogP contribution in [0.15, 0.2) is 52.9 Å². The van der Waals surface area contributed by atoms with Gasteiger partial charge in [0.1, 0.15) is 0 Å².